The van der Waals surface area contributed by atoms with E-state index in [0.717, 1.165) is 11.3 Å². The summed E-state index contributed by atoms with van der Waals surface area (Å²) >= 11 is 1.55. The molecule has 0 radical (unpaired) electrons. The first-order chi connectivity index (χ1) is 12.9. The molecule has 1 atom stereocenters. The molecule has 27 heavy (non-hydrogen) atoms. The van der Waals surface area contributed by atoms with E-state index in [1.165, 1.54) is 0 Å². The van der Waals surface area contributed by atoms with E-state index in [2.05, 4.69) is 15.4 Å². The minimum absolute atomic E-state index is 0.216. The Morgan fingerprint density at radius 1 is 1.41 bits per heavy atom. The van der Waals surface area contributed by atoms with Crippen LogP contribution in [-0.4, -0.2) is 39.7 Å². The number of benzene rings is 1. The van der Waals surface area contributed by atoms with Gasteiger partial charge >= 0.3 is 5.97 Å². The lowest BCUT2D eigenvalue weighted by Crippen LogP contribution is -2.30. The van der Waals surface area contributed by atoms with Crippen molar-refractivity contribution in [2.75, 3.05) is 18.2 Å². The maximum atomic E-state index is 12.9. The number of hydrogen-bond donors (Lipinski definition) is 1. The van der Waals surface area contributed by atoms with Crippen molar-refractivity contribution in [1.29, 1.82) is 0 Å². The van der Waals surface area contributed by atoms with Crippen LogP contribution in [0.5, 0.6) is 5.75 Å². The first-order valence-electron chi connectivity index (χ1n) is 8.86. The molecule has 0 aliphatic carbocycles. The molecule has 7 nitrogen and oxygen atoms in total. The maximum absolute atomic E-state index is 12.9. The normalized spacial score (nSPS) is 16.1. The van der Waals surface area contributed by atoms with Crippen LogP contribution in [0.3, 0.4) is 0 Å². The van der Waals surface area contributed by atoms with Crippen LogP contribution in [-0.2, 0) is 9.53 Å². The highest BCUT2D eigenvalue weighted by Crippen LogP contribution is 2.37. The first-order valence-corrected chi connectivity index (χ1v) is 9.85. The molecule has 0 amide bonds. The Balaban J connectivity index is 2.13. The molecule has 0 spiro atoms. The van der Waals surface area contributed by atoms with Crippen LogP contribution in [0.25, 0.3) is 0 Å². The molecule has 0 fully saturated rings. The van der Waals surface area contributed by atoms with Gasteiger partial charge in [0.1, 0.15) is 11.8 Å². The number of methoxy groups -OCH3 is 1. The van der Waals surface area contributed by atoms with Crippen molar-refractivity contribution in [3.8, 4) is 5.75 Å². The molecule has 0 saturated heterocycles. The van der Waals surface area contributed by atoms with Gasteiger partial charge in [0.15, 0.2) is 0 Å². The lowest BCUT2D eigenvalue weighted by atomic mass is 9.95. The van der Waals surface area contributed by atoms with Crippen molar-refractivity contribution >= 4 is 23.7 Å². The van der Waals surface area contributed by atoms with Gasteiger partial charge in [-0.1, -0.05) is 30.8 Å². The zero-order chi connectivity index (χ0) is 19.6. The summed E-state index contributed by atoms with van der Waals surface area (Å²) in [4.78, 5) is 17.4. The van der Waals surface area contributed by atoms with E-state index in [4.69, 9.17) is 9.47 Å². The Kier molecular flexibility index (Phi) is 5.74. The fraction of sp³-hybridized carbons (Fsp3) is 0.421. The van der Waals surface area contributed by atoms with Crippen LogP contribution in [0.4, 0.5) is 5.95 Å². The van der Waals surface area contributed by atoms with E-state index in [9.17, 15) is 4.79 Å². The number of allylic oxidation sites excluding steroid dienone is 1. The summed E-state index contributed by atoms with van der Waals surface area (Å²) in [6.45, 7) is 7.57. The highest BCUT2D eigenvalue weighted by atomic mass is 32.2. The molecule has 2 heterocycles. The summed E-state index contributed by atoms with van der Waals surface area (Å²) in [5.41, 5.74) is 2.11. The predicted octanol–water partition coefficient (Wildman–Crippen LogP) is 3.64. The number of rotatable bonds is 6. The first kappa shape index (κ1) is 19.3. The number of thioether (sulfide) groups is 1. The van der Waals surface area contributed by atoms with Gasteiger partial charge in [0, 0.05) is 5.70 Å². The second-order valence-electron chi connectivity index (χ2n) is 6.39. The van der Waals surface area contributed by atoms with E-state index in [0.29, 0.717) is 28.1 Å². The van der Waals surface area contributed by atoms with Crippen molar-refractivity contribution in [2.45, 2.75) is 45.0 Å². The molecule has 8 heteroatoms. The van der Waals surface area contributed by atoms with Gasteiger partial charge in [-0.15, -0.1) is 5.10 Å². The van der Waals surface area contributed by atoms with Crippen molar-refractivity contribution in [2.24, 2.45) is 0 Å². The molecule has 1 aliphatic heterocycles. The number of aromatic nitrogens is 3. The third kappa shape index (κ3) is 3.95. The number of nitrogens with zero attached hydrogens (tertiary/aromatic N) is 3. The van der Waals surface area contributed by atoms with Crippen LogP contribution < -0.4 is 10.1 Å². The van der Waals surface area contributed by atoms with E-state index < -0.39 is 6.04 Å². The Hall–Kier alpha value is -2.48. The molecule has 144 valence electrons. The number of esters is 1. The SMILES string of the molecule is CCSc1nc2n(n1)C(c1cccc(OC)c1)C(C(=O)OC(C)C)=C(C)N2. The molecule has 2 aromatic rings. The predicted molar refractivity (Wildman–Crippen MR) is 105 cm³/mol. The molecule has 1 N–H and O–H groups in total. The van der Waals surface area contributed by atoms with Gasteiger partial charge in [-0.2, -0.15) is 4.98 Å². The monoisotopic (exact) mass is 388 g/mol. The standard InChI is InChI=1S/C19H24N4O3S/c1-6-27-19-21-18-20-12(4)15(17(24)26-11(2)3)16(23(18)22-19)13-8-7-9-14(10-13)25-5/h7-11,16H,6H2,1-5H3,(H,20,21,22). The number of anilines is 1. The third-order valence-corrected chi connectivity index (χ3v) is 4.80. The largest absolute Gasteiger partial charge is 0.497 e. The topological polar surface area (TPSA) is 78.3 Å². The van der Waals surface area contributed by atoms with Crippen molar-refractivity contribution < 1.29 is 14.3 Å². The summed E-state index contributed by atoms with van der Waals surface area (Å²) in [5.74, 6) is 1.82. The Labute approximate surface area is 163 Å². The van der Waals surface area contributed by atoms with Gasteiger partial charge < -0.3 is 14.8 Å². The quantitative estimate of drug-likeness (QED) is 0.598. The molecular formula is C19H24N4O3S. The zero-order valence-corrected chi connectivity index (χ0v) is 17.0. The lowest BCUT2D eigenvalue weighted by Gasteiger charge is -2.28. The molecule has 1 aromatic heterocycles. The summed E-state index contributed by atoms with van der Waals surface area (Å²) < 4.78 is 12.6. The van der Waals surface area contributed by atoms with Crippen molar-refractivity contribution in [1.82, 2.24) is 14.8 Å². The van der Waals surface area contributed by atoms with Crippen LogP contribution in [0.15, 0.2) is 40.7 Å². The number of ether oxygens (including phenoxy) is 2. The Morgan fingerprint density at radius 2 is 2.19 bits per heavy atom. The van der Waals surface area contributed by atoms with Crippen molar-refractivity contribution in [3.05, 3.63) is 41.1 Å². The van der Waals surface area contributed by atoms with E-state index in [-0.39, 0.29) is 12.1 Å². The Morgan fingerprint density at radius 3 is 2.85 bits per heavy atom. The summed E-state index contributed by atoms with van der Waals surface area (Å²) in [7, 11) is 1.62. The number of nitrogens with one attached hydrogen (secondary N) is 1. The minimum atomic E-state index is -0.443. The van der Waals surface area contributed by atoms with Crippen LogP contribution in [0.2, 0.25) is 0 Å². The van der Waals surface area contributed by atoms with Crippen LogP contribution in [0.1, 0.15) is 39.3 Å². The maximum Gasteiger partial charge on any atom is 0.338 e. The zero-order valence-electron chi connectivity index (χ0n) is 16.1. The van der Waals surface area contributed by atoms with Gasteiger partial charge in [0.2, 0.25) is 11.1 Å². The van der Waals surface area contributed by atoms with Gasteiger partial charge in [0.25, 0.3) is 0 Å². The van der Waals surface area contributed by atoms with Crippen molar-refractivity contribution in [3.63, 3.8) is 0 Å². The highest BCUT2D eigenvalue weighted by Gasteiger charge is 2.35. The minimum Gasteiger partial charge on any atom is -0.497 e. The molecular weight excluding hydrogens is 364 g/mol. The second-order valence-corrected chi connectivity index (χ2v) is 7.62. The summed E-state index contributed by atoms with van der Waals surface area (Å²) in [5, 5.41) is 8.48. The van der Waals surface area contributed by atoms with E-state index in [1.54, 1.807) is 23.6 Å². The highest BCUT2D eigenvalue weighted by molar-refractivity contribution is 7.99. The third-order valence-electron chi connectivity index (χ3n) is 4.08. The molecule has 1 aromatic carbocycles. The summed E-state index contributed by atoms with van der Waals surface area (Å²) in [6.07, 6.45) is -0.216. The molecule has 0 saturated carbocycles. The fourth-order valence-corrected chi connectivity index (χ4v) is 3.54. The van der Waals surface area contributed by atoms with Gasteiger partial charge in [-0.25, -0.2) is 9.48 Å². The molecule has 1 unspecified atom stereocenters. The number of carbonyl (C=O) groups excluding carboxylic acids is 1. The van der Waals surface area contributed by atoms with Gasteiger partial charge in [-0.3, -0.25) is 0 Å². The Bertz CT molecular complexity index is 876. The fourth-order valence-electron chi connectivity index (χ4n) is 2.98. The van der Waals surface area contributed by atoms with E-state index in [1.807, 2.05) is 52.0 Å². The summed E-state index contributed by atoms with van der Waals surface area (Å²) in [6, 6.07) is 7.18. The number of fused-ring (bicyclic) bond motifs is 1. The average molecular weight is 388 g/mol. The molecule has 1 aliphatic rings. The van der Waals surface area contributed by atoms with Crippen LogP contribution in [0, 0.1) is 0 Å². The molecule has 0 bridgehead atoms. The van der Waals surface area contributed by atoms with Gasteiger partial charge in [-0.05, 0) is 44.2 Å². The van der Waals surface area contributed by atoms with Crippen LogP contribution >= 0.6 is 11.8 Å². The van der Waals surface area contributed by atoms with Gasteiger partial charge in [0.05, 0.1) is 18.8 Å². The number of carbonyl (C=O) groups is 1. The lowest BCUT2D eigenvalue weighted by molar-refractivity contribution is -0.143. The van der Waals surface area contributed by atoms with E-state index >= 15 is 0 Å². The molecule has 3 rings (SSSR count). The number of hydrogen-bond acceptors (Lipinski definition) is 7. The average Bonchev–Trinajstić information content (AvgIpc) is 3.02. The second kappa shape index (κ2) is 8.04. The smallest absolute Gasteiger partial charge is 0.338 e.